The van der Waals surface area contributed by atoms with Gasteiger partial charge < -0.3 is 25.6 Å². The zero-order valence-corrected chi connectivity index (χ0v) is 12.0. The quantitative estimate of drug-likeness (QED) is 0.562. The largest absolute Gasteiger partial charge is 0.496 e. The molecule has 0 radical (unpaired) electrons. The van der Waals surface area contributed by atoms with Crippen LogP contribution < -0.4 is 20.5 Å². The average Bonchev–Trinajstić information content (AvgIpc) is 2.92. The standard InChI is InChI=1S/C13H17N5O4/c1-21-9-3-5-15-12(22-6-2-4-16-13(19)20)11(9)8-7-10(14)18-17-8/h3,5,7,16H,2,4,6H2,1H3,(H,19,20)(H3,14,17,18). The second-order valence-corrected chi connectivity index (χ2v) is 4.33. The SMILES string of the molecule is COc1ccnc(OCCCNC(=O)O)c1-c1cc(N)n[nH]1. The molecule has 0 bridgehead atoms. The molecular formula is C13H17N5O4. The van der Waals surface area contributed by atoms with Gasteiger partial charge in [0.1, 0.15) is 17.1 Å². The van der Waals surface area contributed by atoms with E-state index in [4.69, 9.17) is 20.3 Å². The van der Waals surface area contributed by atoms with Crippen LogP contribution in [0.2, 0.25) is 0 Å². The third kappa shape index (κ3) is 3.78. The molecule has 0 unspecified atom stereocenters. The Balaban J connectivity index is 2.12. The first-order valence-electron chi connectivity index (χ1n) is 6.55. The van der Waals surface area contributed by atoms with Gasteiger partial charge in [0.2, 0.25) is 5.88 Å². The molecule has 0 aliphatic heterocycles. The summed E-state index contributed by atoms with van der Waals surface area (Å²) in [4.78, 5) is 14.5. The lowest BCUT2D eigenvalue weighted by atomic mass is 10.2. The molecule has 2 rings (SSSR count). The summed E-state index contributed by atoms with van der Waals surface area (Å²) in [6.45, 7) is 0.600. The molecule has 9 nitrogen and oxygen atoms in total. The minimum absolute atomic E-state index is 0.297. The molecule has 0 aliphatic rings. The number of nitrogens with one attached hydrogen (secondary N) is 2. The number of H-pyrrole nitrogens is 1. The molecule has 9 heteroatoms. The smallest absolute Gasteiger partial charge is 0.404 e. The van der Waals surface area contributed by atoms with E-state index in [9.17, 15) is 4.79 Å². The predicted octanol–water partition coefficient (Wildman–Crippen LogP) is 1.10. The van der Waals surface area contributed by atoms with Crippen LogP contribution in [-0.2, 0) is 0 Å². The fraction of sp³-hybridized carbons (Fsp3) is 0.308. The highest BCUT2D eigenvalue weighted by atomic mass is 16.5. The van der Waals surface area contributed by atoms with Gasteiger partial charge >= 0.3 is 6.09 Å². The number of rotatable bonds is 7. The van der Waals surface area contributed by atoms with E-state index in [1.807, 2.05) is 0 Å². The molecule has 0 spiro atoms. The van der Waals surface area contributed by atoms with Gasteiger partial charge in [0.25, 0.3) is 0 Å². The number of aromatic amines is 1. The highest BCUT2D eigenvalue weighted by Gasteiger charge is 2.16. The number of nitrogens with two attached hydrogens (primary N) is 1. The van der Waals surface area contributed by atoms with Crippen molar-refractivity contribution in [2.75, 3.05) is 26.0 Å². The molecule has 22 heavy (non-hydrogen) atoms. The van der Waals surface area contributed by atoms with Gasteiger partial charge in [-0.3, -0.25) is 5.10 Å². The topological polar surface area (TPSA) is 135 Å². The first-order chi connectivity index (χ1) is 10.6. The number of pyridine rings is 1. The normalized spacial score (nSPS) is 10.2. The monoisotopic (exact) mass is 307 g/mol. The Hall–Kier alpha value is -2.97. The number of ether oxygens (including phenoxy) is 2. The fourth-order valence-electron chi connectivity index (χ4n) is 1.86. The molecular weight excluding hydrogens is 290 g/mol. The van der Waals surface area contributed by atoms with E-state index in [0.717, 1.165) is 0 Å². The van der Waals surface area contributed by atoms with E-state index in [0.29, 0.717) is 48.3 Å². The third-order valence-electron chi connectivity index (χ3n) is 2.80. The third-order valence-corrected chi connectivity index (χ3v) is 2.80. The van der Waals surface area contributed by atoms with Gasteiger partial charge in [-0.05, 0) is 12.5 Å². The van der Waals surface area contributed by atoms with Crippen LogP contribution in [0, 0.1) is 0 Å². The van der Waals surface area contributed by atoms with Gasteiger partial charge in [0.05, 0.1) is 19.4 Å². The van der Waals surface area contributed by atoms with Crippen molar-refractivity contribution >= 4 is 11.9 Å². The number of hydrogen-bond acceptors (Lipinski definition) is 6. The van der Waals surface area contributed by atoms with Crippen LogP contribution in [0.25, 0.3) is 11.3 Å². The van der Waals surface area contributed by atoms with Crippen LogP contribution in [0.15, 0.2) is 18.3 Å². The number of anilines is 1. The highest BCUT2D eigenvalue weighted by molar-refractivity contribution is 5.73. The van der Waals surface area contributed by atoms with E-state index >= 15 is 0 Å². The van der Waals surface area contributed by atoms with E-state index in [1.165, 1.54) is 0 Å². The Morgan fingerprint density at radius 3 is 3.00 bits per heavy atom. The molecule has 118 valence electrons. The molecule has 0 aromatic carbocycles. The Morgan fingerprint density at radius 1 is 1.55 bits per heavy atom. The van der Waals surface area contributed by atoms with Crippen LogP contribution in [0.3, 0.4) is 0 Å². The summed E-state index contributed by atoms with van der Waals surface area (Å²) in [6.07, 6.45) is 1.01. The zero-order chi connectivity index (χ0) is 15.9. The van der Waals surface area contributed by atoms with Gasteiger partial charge in [-0.1, -0.05) is 0 Å². The highest BCUT2D eigenvalue weighted by Crippen LogP contribution is 2.36. The average molecular weight is 307 g/mol. The second-order valence-electron chi connectivity index (χ2n) is 4.33. The number of aromatic nitrogens is 3. The summed E-state index contributed by atoms with van der Waals surface area (Å²) in [5.74, 6) is 1.27. The summed E-state index contributed by atoms with van der Waals surface area (Å²) >= 11 is 0. The lowest BCUT2D eigenvalue weighted by molar-refractivity contribution is 0.193. The number of carbonyl (C=O) groups is 1. The Kier molecular flexibility index (Phi) is 5.02. The van der Waals surface area contributed by atoms with Crippen LogP contribution in [-0.4, -0.2) is 46.6 Å². The molecule has 5 N–H and O–H groups in total. The maximum absolute atomic E-state index is 10.4. The number of nitrogen functional groups attached to an aromatic ring is 1. The first kappa shape index (κ1) is 15.4. The number of nitrogens with zero attached hydrogens (tertiary/aromatic N) is 2. The molecule has 2 heterocycles. The molecule has 0 saturated carbocycles. The zero-order valence-electron chi connectivity index (χ0n) is 12.0. The number of amides is 1. The number of hydrogen-bond donors (Lipinski definition) is 4. The Labute approximate surface area is 126 Å². The second kappa shape index (κ2) is 7.16. The molecule has 0 saturated heterocycles. The van der Waals surface area contributed by atoms with Crippen molar-refractivity contribution in [1.82, 2.24) is 20.5 Å². The summed E-state index contributed by atoms with van der Waals surface area (Å²) in [5.41, 5.74) is 6.85. The number of carboxylic acid groups (broad SMARTS) is 1. The van der Waals surface area contributed by atoms with Crippen molar-refractivity contribution in [3.05, 3.63) is 18.3 Å². The van der Waals surface area contributed by atoms with Crippen molar-refractivity contribution in [2.24, 2.45) is 0 Å². The first-order valence-corrected chi connectivity index (χ1v) is 6.55. The van der Waals surface area contributed by atoms with E-state index < -0.39 is 6.09 Å². The van der Waals surface area contributed by atoms with Crippen molar-refractivity contribution in [1.29, 1.82) is 0 Å². The molecule has 2 aromatic heterocycles. The van der Waals surface area contributed by atoms with E-state index in [1.54, 1.807) is 25.4 Å². The lowest BCUT2D eigenvalue weighted by Crippen LogP contribution is -2.23. The minimum atomic E-state index is -1.06. The van der Waals surface area contributed by atoms with Gasteiger partial charge in [0.15, 0.2) is 0 Å². The minimum Gasteiger partial charge on any atom is -0.496 e. The summed E-state index contributed by atoms with van der Waals surface area (Å²) in [7, 11) is 1.54. The fourth-order valence-corrected chi connectivity index (χ4v) is 1.86. The Bertz CT molecular complexity index is 643. The number of methoxy groups -OCH3 is 1. The molecule has 0 atom stereocenters. The van der Waals surface area contributed by atoms with Crippen molar-refractivity contribution < 1.29 is 19.4 Å². The summed E-state index contributed by atoms with van der Waals surface area (Å²) < 4.78 is 10.9. The van der Waals surface area contributed by atoms with Crippen molar-refractivity contribution in [3.63, 3.8) is 0 Å². The van der Waals surface area contributed by atoms with Crippen LogP contribution in [0.1, 0.15) is 6.42 Å². The lowest BCUT2D eigenvalue weighted by Gasteiger charge is -2.12. The maximum atomic E-state index is 10.4. The molecule has 2 aromatic rings. The molecule has 0 aliphatic carbocycles. The summed E-state index contributed by atoms with van der Waals surface area (Å²) in [5, 5.41) is 17.4. The summed E-state index contributed by atoms with van der Waals surface area (Å²) in [6, 6.07) is 3.35. The van der Waals surface area contributed by atoms with Crippen LogP contribution >= 0.6 is 0 Å². The van der Waals surface area contributed by atoms with Gasteiger partial charge in [-0.15, -0.1) is 0 Å². The van der Waals surface area contributed by atoms with E-state index in [-0.39, 0.29) is 0 Å². The molecule has 1 amide bonds. The van der Waals surface area contributed by atoms with Crippen LogP contribution in [0.5, 0.6) is 11.6 Å². The van der Waals surface area contributed by atoms with Gasteiger partial charge in [-0.2, -0.15) is 5.10 Å². The molecule has 0 fully saturated rings. The van der Waals surface area contributed by atoms with Gasteiger partial charge in [0, 0.05) is 18.8 Å². The van der Waals surface area contributed by atoms with Crippen LogP contribution in [0.4, 0.5) is 10.6 Å². The van der Waals surface area contributed by atoms with Crippen molar-refractivity contribution in [2.45, 2.75) is 6.42 Å². The van der Waals surface area contributed by atoms with E-state index in [2.05, 4.69) is 20.5 Å². The Morgan fingerprint density at radius 2 is 2.36 bits per heavy atom. The van der Waals surface area contributed by atoms with Gasteiger partial charge in [-0.25, -0.2) is 9.78 Å². The predicted molar refractivity (Wildman–Crippen MR) is 78.9 cm³/mol. The maximum Gasteiger partial charge on any atom is 0.404 e. The van der Waals surface area contributed by atoms with Crippen molar-refractivity contribution in [3.8, 4) is 22.9 Å².